The van der Waals surface area contributed by atoms with Crippen molar-refractivity contribution in [2.45, 2.75) is 26.4 Å². The molecule has 0 amide bonds. The summed E-state index contributed by atoms with van der Waals surface area (Å²) in [7, 11) is 1.44. The molecule has 6 fully saturated rings. The summed E-state index contributed by atoms with van der Waals surface area (Å²) in [6.07, 6.45) is 0. The number of carbonyl (C=O) groups excluding carboxylic acids is 2. The van der Waals surface area contributed by atoms with Crippen molar-refractivity contribution in [1.82, 2.24) is 0 Å². The fourth-order valence-corrected chi connectivity index (χ4v) is 6.95. The average Bonchev–Trinajstić information content (AvgIpc) is 2.35. The first-order valence-corrected chi connectivity index (χ1v) is 7.17. The van der Waals surface area contributed by atoms with E-state index in [9.17, 15) is 9.59 Å². The minimum Gasteiger partial charge on any atom is -0.469 e. The fourth-order valence-electron chi connectivity index (χ4n) is 6.95. The van der Waals surface area contributed by atoms with E-state index in [0.717, 1.165) is 11.8 Å². The maximum Gasteiger partial charge on any atom is 0.314 e. The van der Waals surface area contributed by atoms with Crippen LogP contribution in [0.2, 0.25) is 0 Å². The quantitative estimate of drug-likeness (QED) is 0.703. The highest BCUT2D eigenvalue weighted by Crippen LogP contribution is 3.10. The highest BCUT2D eigenvalue weighted by Gasteiger charge is 3.15. The van der Waals surface area contributed by atoms with Gasteiger partial charge >= 0.3 is 11.9 Å². The van der Waals surface area contributed by atoms with Gasteiger partial charge in [-0.05, 0) is 56.3 Å². The van der Waals surface area contributed by atoms with Gasteiger partial charge in [-0.15, -0.1) is 0 Å². The molecule has 0 spiro atoms. The Bertz CT molecular complexity index is 537. The van der Waals surface area contributed by atoms with Crippen molar-refractivity contribution in [1.29, 1.82) is 0 Å². The van der Waals surface area contributed by atoms with Crippen LogP contribution in [-0.2, 0) is 19.1 Å². The molecule has 0 radical (unpaired) electrons. The molecule has 0 aromatic heterocycles. The SMILES string of the molecule is COC(=O)C12C3C4C5C3C1(C(=O)OC(C)(C)C)C5C42. The summed E-state index contributed by atoms with van der Waals surface area (Å²) in [5.41, 5.74) is -1.44. The van der Waals surface area contributed by atoms with Crippen molar-refractivity contribution in [2.24, 2.45) is 46.3 Å². The smallest absolute Gasteiger partial charge is 0.314 e. The molecule has 4 unspecified atom stereocenters. The summed E-state index contributed by atoms with van der Waals surface area (Å²) < 4.78 is 10.6. The van der Waals surface area contributed by atoms with Gasteiger partial charge in [0.25, 0.3) is 0 Å². The Balaban J connectivity index is 1.53. The zero-order valence-corrected chi connectivity index (χ0v) is 11.6. The minimum atomic E-state index is -0.484. The fraction of sp³-hybridized carbons (Fsp3) is 0.867. The summed E-state index contributed by atoms with van der Waals surface area (Å²) in [6, 6.07) is 0. The Morgan fingerprint density at radius 2 is 1.32 bits per heavy atom. The van der Waals surface area contributed by atoms with Crippen molar-refractivity contribution < 1.29 is 19.1 Å². The van der Waals surface area contributed by atoms with E-state index in [1.165, 1.54) is 7.11 Å². The first-order valence-electron chi connectivity index (χ1n) is 7.17. The van der Waals surface area contributed by atoms with Crippen LogP contribution >= 0.6 is 0 Å². The highest BCUT2D eigenvalue weighted by atomic mass is 16.6. The second-order valence-corrected chi connectivity index (χ2v) is 7.99. The molecular formula is C15H18O4. The van der Waals surface area contributed by atoms with Gasteiger partial charge in [0.2, 0.25) is 0 Å². The Morgan fingerprint density at radius 1 is 0.895 bits per heavy atom. The summed E-state index contributed by atoms with van der Waals surface area (Å²) in [4.78, 5) is 24.9. The van der Waals surface area contributed by atoms with Crippen LogP contribution in [0, 0.1) is 46.3 Å². The standard InChI is InChI=1S/C15H18O4/c1-13(2,3)19-12(17)15-9-6-5-7(9)14(15,11(16)18-4)8(5)10(6)15/h5-10H,1-4H3. The Kier molecular flexibility index (Phi) is 1.31. The van der Waals surface area contributed by atoms with Crippen LogP contribution in [0.15, 0.2) is 0 Å². The van der Waals surface area contributed by atoms with Crippen LogP contribution < -0.4 is 0 Å². The third-order valence-corrected chi connectivity index (χ3v) is 6.92. The van der Waals surface area contributed by atoms with E-state index in [4.69, 9.17) is 9.47 Å². The van der Waals surface area contributed by atoms with Crippen molar-refractivity contribution in [3.63, 3.8) is 0 Å². The van der Waals surface area contributed by atoms with Crippen molar-refractivity contribution in [3.05, 3.63) is 0 Å². The molecule has 6 rings (SSSR count). The molecular weight excluding hydrogens is 244 g/mol. The number of hydrogen-bond acceptors (Lipinski definition) is 4. The molecule has 0 saturated heterocycles. The van der Waals surface area contributed by atoms with Crippen LogP contribution in [0.3, 0.4) is 0 Å². The molecule has 4 nitrogen and oxygen atoms in total. The van der Waals surface area contributed by atoms with Crippen LogP contribution in [0.1, 0.15) is 20.8 Å². The van der Waals surface area contributed by atoms with Gasteiger partial charge < -0.3 is 9.47 Å². The maximum atomic E-state index is 12.6. The second-order valence-electron chi connectivity index (χ2n) is 7.99. The van der Waals surface area contributed by atoms with E-state index < -0.39 is 16.4 Å². The van der Waals surface area contributed by atoms with Crippen molar-refractivity contribution in [3.8, 4) is 0 Å². The van der Waals surface area contributed by atoms with Gasteiger partial charge in [0, 0.05) is 0 Å². The lowest BCUT2D eigenvalue weighted by Gasteiger charge is -3.09. The van der Waals surface area contributed by atoms with Crippen LogP contribution in [0.5, 0.6) is 0 Å². The molecule has 19 heavy (non-hydrogen) atoms. The van der Waals surface area contributed by atoms with E-state index in [2.05, 4.69) is 0 Å². The van der Waals surface area contributed by atoms with Gasteiger partial charge in [-0.1, -0.05) is 0 Å². The second kappa shape index (κ2) is 2.33. The van der Waals surface area contributed by atoms with Gasteiger partial charge in [0.15, 0.2) is 0 Å². The van der Waals surface area contributed by atoms with E-state index in [0.29, 0.717) is 23.7 Å². The van der Waals surface area contributed by atoms with Gasteiger partial charge in [0.1, 0.15) is 5.60 Å². The topological polar surface area (TPSA) is 52.6 Å². The molecule has 102 valence electrons. The summed E-state index contributed by atoms with van der Waals surface area (Å²) >= 11 is 0. The Labute approximate surface area is 111 Å². The molecule has 6 saturated carbocycles. The third kappa shape index (κ3) is 0.607. The Morgan fingerprint density at radius 3 is 1.68 bits per heavy atom. The highest BCUT2D eigenvalue weighted by molar-refractivity contribution is 6.01. The summed E-state index contributed by atoms with van der Waals surface area (Å²) in [5, 5.41) is 0. The lowest BCUT2D eigenvalue weighted by atomic mass is 8.92. The number of carbonyl (C=O) groups is 2. The van der Waals surface area contributed by atoms with Crippen LogP contribution in [0.4, 0.5) is 0 Å². The molecule has 4 atom stereocenters. The third-order valence-electron chi connectivity index (χ3n) is 6.92. The van der Waals surface area contributed by atoms with Gasteiger partial charge in [0.05, 0.1) is 17.9 Å². The van der Waals surface area contributed by atoms with E-state index >= 15 is 0 Å². The first-order chi connectivity index (χ1) is 8.85. The first kappa shape index (κ1) is 10.7. The van der Waals surface area contributed by atoms with Crippen molar-refractivity contribution in [2.75, 3.05) is 7.11 Å². The Hall–Kier alpha value is -1.06. The predicted octanol–water partition coefficient (Wildman–Crippen LogP) is 1.24. The largest absolute Gasteiger partial charge is 0.469 e. The molecule has 0 aromatic rings. The predicted molar refractivity (Wildman–Crippen MR) is 63.7 cm³/mol. The molecule has 0 N–H and O–H groups in total. The number of esters is 2. The molecule has 6 aliphatic carbocycles. The number of methoxy groups -OCH3 is 1. The zero-order valence-electron chi connectivity index (χ0n) is 11.6. The van der Waals surface area contributed by atoms with Crippen LogP contribution in [-0.4, -0.2) is 24.6 Å². The molecule has 0 bridgehead atoms. The number of hydrogen-bond donors (Lipinski definition) is 0. The monoisotopic (exact) mass is 262 g/mol. The number of ether oxygens (including phenoxy) is 2. The van der Waals surface area contributed by atoms with E-state index in [-0.39, 0.29) is 11.9 Å². The molecule has 0 aromatic carbocycles. The number of rotatable bonds is 2. The molecule has 4 heteroatoms. The van der Waals surface area contributed by atoms with Gasteiger partial charge in [-0.25, -0.2) is 0 Å². The average molecular weight is 262 g/mol. The van der Waals surface area contributed by atoms with Crippen LogP contribution in [0.25, 0.3) is 0 Å². The molecule has 0 aliphatic heterocycles. The van der Waals surface area contributed by atoms with E-state index in [1.54, 1.807) is 0 Å². The van der Waals surface area contributed by atoms with Gasteiger partial charge in [-0.2, -0.15) is 0 Å². The summed E-state index contributed by atoms with van der Waals surface area (Å²) in [6.45, 7) is 5.66. The molecule has 0 heterocycles. The lowest BCUT2D eigenvalue weighted by molar-refractivity contribution is -0.631. The normalized spacial score (nSPS) is 60.4. The minimum absolute atomic E-state index is 0.137. The van der Waals surface area contributed by atoms with Crippen molar-refractivity contribution >= 4 is 11.9 Å². The zero-order chi connectivity index (χ0) is 13.5. The maximum absolute atomic E-state index is 12.6. The lowest BCUT2D eigenvalue weighted by Crippen LogP contribution is -3.12. The van der Waals surface area contributed by atoms with Gasteiger partial charge in [-0.3, -0.25) is 9.59 Å². The summed E-state index contributed by atoms with van der Waals surface area (Å²) in [5.74, 6) is 2.91. The van der Waals surface area contributed by atoms with E-state index in [1.807, 2.05) is 20.8 Å². The molecule has 6 aliphatic rings.